The molecule has 6 nitrogen and oxygen atoms in total. The number of carbonyl (C=O) groups excluding carboxylic acids is 3. The highest BCUT2D eigenvalue weighted by atomic mass is 32.2. The number of carbonyl (C=O) groups is 3. The fourth-order valence-corrected chi connectivity index (χ4v) is 5.01. The second-order valence-electron chi connectivity index (χ2n) is 7.68. The Morgan fingerprint density at radius 1 is 1.03 bits per heavy atom. The summed E-state index contributed by atoms with van der Waals surface area (Å²) in [6.45, 7) is 1.39. The maximum absolute atomic E-state index is 13.3. The number of nitrogens with one attached hydrogen (secondary N) is 1. The molecule has 162 valence electrons. The van der Waals surface area contributed by atoms with Crippen LogP contribution in [0.15, 0.2) is 53.4 Å². The number of benzene rings is 2. The maximum Gasteiger partial charge on any atom is 0.250 e. The number of amides is 3. The zero-order valence-corrected chi connectivity index (χ0v) is 17.9. The van der Waals surface area contributed by atoms with Crippen molar-refractivity contribution in [2.45, 2.75) is 36.0 Å². The minimum Gasteiger partial charge on any atom is -0.350 e. The third kappa shape index (κ3) is 4.90. The van der Waals surface area contributed by atoms with E-state index >= 15 is 0 Å². The molecule has 31 heavy (non-hydrogen) atoms. The van der Waals surface area contributed by atoms with Crippen LogP contribution in [0.5, 0.6) is 0 Å². The van der Waals surface area contributed by atoms with Crippen molar-refractivity contribution in [3.8, 4) is 0 Å². The van der Waals surface area contributed by atoms with Gasteiger partial charge < -0.3 is 15.1 Å². The van der Waals surface area contributed by atoms with Gasteiger partial charge in [0.05, 0.1) is 5.69 Å². The molecule has 3 amide bonds. The first-order chi connectivity index (χ1) is 15.0. The second kappa shape index (κ2) is 9.51. The number of nitrogens with zero attached hydrogens (tertiary/aromatic N) is 2. The molecule has 0 aliphatic carbocycles. The van der Waals surface area contributed by atoms with Crippen LogP contribution in [0.25, 0.3) is 0 Å². The van der Waals surface area contributed by atoms with Gasteiger partial charge in [-0.05, 0) is 49.1 Å². The van der Waals surface area contributed by atoms with Gasteiger partial charge in [-0.2, -0.15) is 0 Å². The van der Waals surface area contributed by atoms with Gasteiger partial charge in [-0.1, -0.05) is 24.3 Å². The van der Waals surface area contributed by atoms with E-state index in [-0.39, 0.29) is 36.6 Å². The lowest BCUT2D eigenvalue weighted by Crippen LogP contribution is -2.52. The van der Waals surface area contributed by atoms with Gasteiger partial charge in [0.15, 0.2) is 5.25 Å². The molecule has 4 rings (SSSR count). The fourth-order valence-electron chi connectivity index (χ4n) is 3.82. The van der Waals surface area contributed by atoms with Gasteiger partial charge in [-0.25, -0.2) is 4.39 Å². The SMILES string of the molecule is O=C(CN1C(=O)C(C(=O)N2CCCCC2)Sc2ccccc21)NCc1ccc(F)cc1. The molecule has 1 saturated heterocycles. The molecule has 2 aliphatic rings. The summed E-state index contributed by atoms with van der Waals surface area (Å²) in [5.74, 6) is -1.23. The van der Waals surface area contributed by atoms with Gasteiger partial charge in [0, 0.05) is 24.5 Å². The van der Waals surface area contributed by atoms with Crippen LogP contribution in [0.2, 0.25) is 0 Å². The average Bonchev–Trinajstić information content (AvgIpc) is 2.80. The molecule has 0 radical (unpaired) electrons. The first kappa shape index (κ1) is 21.4. The first-order valence-corrected chi connectivity index (χ1v) is 11.3. The molecule has 0 saturated carbocycles. The number of anilines is 1. The molecule has 2 aromatic carbocycles. The van der Waals surface area contributed by atoms with Crippen molar-refractivity contribution < 1.29 is 18.8 Å². The predicted molar refractivity (Wildman–Crippen MR) is 117 cm³/mol. The molecular formula is C23H24FN3O3S. The molecule has 2 heterocycles. The summed E-state index contributed by atoms with van der Waals surface area (Å²) in [6, 6.07) is 13.2. The third-order valence-corrected chi connectivity index (χ3v) is 6.73. The van der Waals surface area contributed by atoms with Gasteiger partial charge in [0.2, 0.25) is 11.8 Å². The van der Waals surface area contributed by atoms with Crippen LogP contribution >= 0.6 is 11.8 Å². The Balaban J connectivity index is 1.48. The van der Waals surface area contributed by atoms with E-state index in [4.69, 9.17) is 0 Å². The molecular weight excluding hydrogens is 417 g/mol. The Kier molecular flexibility index (Phi) is 6.56. The van der Waals surface area contributed by atoms with E-state index in [9.17, 15) is 18.8 Å². The molecule has 8 heteroatoms. The van der Waals surface area contributed by atoms with Crippen molar-refractivity contribution >= 4 is 35.2 Å². The summed E-state index contributed by atoms with van der Waals surface area (Å²) < 4.78 is 13.1. The molecule has 0 spiro atoms. The highest BCUT2D eigenvalue weighted by Gasteiger charge is 2.40. The summed E-state index contributed by atoms with van der Waals surface area (Å²) in [5.41, 5.74) is 1.39. The molecule has 1 atom stereocenters. The zero-order valence-electron chi connectivity index (χ0n) is 17.1. The van der Waals surface area contributed by atoms with E-state index in [1.807, 2.05) is 18.2 Å². The molecule has 0 aromatic heterocycles. The van der Waals surface area contributed by atoms with Crippen LogP contribution in [0, 0.1) is 5.82 Å². The molecule has 1 unspecified atom stereocenters. The summed E-state index contributed by atoms with van der Waals surface area (Å²) in [4.78, 5) is 42.9. The van der Waals surface area contributed by atoms with E-state index in [1.54, 1.807) is 23.1 Å². The van der Waals surface area contributed by atoms with Crippen molar-refractivity contribution in [1.29, 1.82) is 0 Å². The number of para-hydroxylation sites is 1. The number of piperidine rings is 1. The van der Waals surface area contributed by atoms with Crippen molar-refractivity contribution in [3.63, 3.8) is 0 Å². The van der Waals surface area contributed by atoms with E-state index in [2.05, 4.69) is 5.32 Å². The smallest absolute Gasteiger partial charge is 0.250 e. The lowest BCUT2D eigenvalue weighted by molar-refractivity contribution is -0.135. The monoisotopic (exact) mass is 441 g/mol. The summed E-state index contributed by atoms with van der Waals surface area (Å²) >= 11 is 1.26. The van der Waals surface area contributed by atoms with Crippen molar-refractivity contribution in [2.24, 2.45) is 0 Å². The lowest BCUT2D eigenvalue weighted by Gasteiger charge is -2.36. The number of likely N-dealkylation sites (tertiary alicyclic amines) is 1. The second-order valence-corrected chi connectivity index (χ2v) is 8.83. The minimum absolute atomic E-state index is 0.179. The van der Waals surface area contributed by atoms with Gasteiger partial charge in [0.25, 0.3) is 5.91 Å². The molecule has 2 aromatic rings. The van der Waals surface area contributed by atoms with E-state index in [0.717, 1.165) is 29.7 Å². The zero-order chi connectivity index (χ0) is 21.8. The fraction of sp³-hybridized carbons (Fsp3) is 0.348. The van der Waals surface area contributed by atoms with Crippen LogP contribution in [0.1, 0.15) is 24.8 Å². The number of hydrogen-bond donors (Lipinski definition) is 1. The van der Waals surface area contributed by atoms with E-state index in [0.29, 0.717) is 18.8 Å². The number of thioether (sulfide) groups is 1. The Morgan fingerprint density at radius 2 is 1.74 bits per heavy atom. The molecule has 1 N–H and O–H groups in total. The van der Waals surface area contributed by atoms with Gasteiger partial charge in [-0.3, -0.25) is 14.4 Å². The number of fused-ring (bicyclic) bond motifs is 1. The molecule has 0 bridgehead atoms. The Morgan fingerprint density at radius 3 is 2.48 bits per heavy atom. The van der Waals surface area contributed by atoms with Crippen molar-refractivity contribution in [1.82, 2.24) is 10.2 Å². The maximum atomic E-state index is 13.3. The Bertz CT molecular complexity index is 976. The van der Waals surface area contributed by atoms with E-state index in [1.165, 1.54) is 28.8 Å². The Labute approximate surface area is 184 Å². The van der Waals surface area contributed by atoms with Gasteiger partial charge >= 0.3 is 0 Å². The number of halogens is 1. The highest BCUT2D eigenvalue weighted by Crippen LogP contribution is 2.39. The summed E-state index contributed by atoms with van der Waals surface area (Å²) in [6.07, 6.45) is 2.99. The van der Waals surface area contributed by atoms with Crippen LogP contribution in [0.4, 0.5) is 10.1 Å². The van der Waals surface area contributed by atoms with Crippen molar-refractivity contribution in [2.75, 3.05) is 24.5 Å². The largest absolute Gasteiger partial charge is 0.350 e. The summed E-state index contributed by atoms with van der Waals surface area (Å²) in [7, 11) is 0. The highest BCUT2D eigenvalue weighted by molar-refractivity contribution is 8.01. The van der Waals surface area contributed by atoms with Gasteiger partial charge in [-0.15, -0.1) is 11.8 Å². The molecule has 1 fully saturated rings. The number of hydrogen-bond acceptors (Lipinski definition) is 4. The number of rotatable bonds is 5. The summed E-state index contributed by atoms with van der Waals surface area (Å²) in [5, 5.41) is 1.89. The molecule has 2 aliphatic heterocycles. The topological polar surface area (TPSA) is 69.7 Å². The van der Waals surface area contributed by atoms with Crippen LogP contribution < -0.4 is 10.2 Å². The normalized spacial score (nSPS) is 18.5. The minimum atomic E-state index is -0.877. The van der Waals surface area contributed by atoms with Crippen LogP contribution in [-0.2, 0) is 20.9 Å². The van der Waals surface area contributed by atoms with Crippen LogP contribution in [0.3, 0.4) is 0 Å². The predicted octanol–water partition coefficient (Wildman–Crippen LogP) is 2.96. The quantitative estimate of drug-likeness (QED) is 0.725. The third-order valence-electron chi connectivity index (χ3n) is 5.49. The Hall–Kier alpha value is -2.87. The lowest BCUT2D eigenvalue weighted by atomic mass is 10.1. The average molecular weight is 442 g/mol. The van der Waals surface area contributed by atoms with Gasteiger partial charge in [0.1, 0.15) is 12.4 Å². The van der Waals surface area contributed by atoms with Crippen LogP contribution in [-0.4, -0.2) is 47.5 Å². The van der Waals surface area contributed by atoms with Crippen molar-refractivity contribution in [3.05, 3.63) is 59.9 Å². The van der Waals surface area contributed by atoms with E-state index < -0.39 is 5.25 Å². The first-order valence-electron chi connectivity index (χ1n) is 10.4. The standard InChI is InChI=1S/C23H24FN3O3S/c24-17-10-8-16(9-11-17)14-25-20(28)15-27-18-6-2-3-7-19(18)31-21(23(27)30)22(29)26-12-4-1-5-13-26/h2-3,6-11,21H,1,4-5,12-15H2,(H,25,28).